The van der Waals surface area contributed by atoms with Gasteiger partial charge in [-0.2, -0.15) is 8.78 Å². The molecule has 66 valence electrons. The average Bonchev–Trinajstić information content (AvgIpc) is 1.80. The van der Waals surface area contributed by atoms with Gasteiger partial charge < -0.3 is 5.32 Å². The number of nitrogens with one attached hydrogen (secondary N) is 1. The summed E-state index contributed by atoms with van der Waals surface area (Å²) in [5, 5.41) is -1.78. The normalized spacial score (nSPS) is 11.8. The van der Waals surface area contributed by atoms with Crippen molar-refractivity contribution >= 4 is 17.5 Å². The van der Waals surface area contributed by atoms with Gasteiger partial charge in [0.2, 0.25) is 0 Å². The Balaban J connectivity index is 3.71. The van der Waals surface area contributed by atoms with Gasteiger partial charge in [-0.15, -0.1) is 0 Å². The first kappa shape index (κ1) is 10.6. The highest BCUT2D eigenvalue weighted by Gasteiger charge is 2.35. The number of carbonyl (C=O) groups excluding carboxylic acids is 1. The van der Waals surface area contributed by atoms with Crippen LogP contribution in [0.4, 0.5) is 8.78 Å². The summed E-state index contributed by atoms with van der Waals surface area (Å²) < 4.78 is 23.8. The lowest BCUT2D eigenvalue weighted by Crippen LogP contribution is -2.37. The van der Waals surface area contributed by atoms with Crippen LogP contribution in [0.3, 0.4) is 0 Å². The first-order valence-electron chi connectivity index (χ1n) is 3.19. The minimum atomic E-state index is -3.78. The van der Waals surface area contributed by atoms with Crippen molar-refractivity contribution in [3.05, 3.63) is 0 Å². The summed E-state index contributed by atoms with van der Waals surface area (Å²) in [5.41, 5.74) is 0. The van der Waals surface area contributed by atoms with Crippen LogP contribution in [0.5, 0.6) is 0 Å². The van der Waals surface area contributed by atoms with Crippen molar-refractivity contribution in [2.45, 2.75) is 19.2 Å². The Morgan fingerprint density at radius 2 is 2.09 bits per heavy atom. The Morgan fingerprint density at radius 1 is 1.64 bits per heavy atom. The van der Waals surface area contributed by atoms with Gasteiger partial charge in [-0.3, -0.25) is 4.79 Å². The third-order valence-corrected chi connectivity index (χ3v) is 1.10. The maximum Gasteiger partial charge on any atom is 0.399 e. The number of hydrogen-bond donors (Lipinski definition) is 1. The molecule has 0 aromatic carbocycles. The van der Waals surface area contributed by atoms with Crippen molar-refractivity contribution in [1.82, 2.24) is 5.32 Å². The van der Waals surface area contributed by atoms with E-state index < -0.39 is 11.3 Å². The highest BCUT2D eigenvalue weighted by molar-refractivity contribution is 6.32. The molecule has 0 aliphatic heterocycles. The maximum absolute atomic E-state index is 11.9. The lowest BCUT2D eigenvalue weighted by molar-refractivity contribution is -0.135. The van der Waals surface area contributed by atoms with Crippen molar-refractivity contribution in [1.29, 1.82) is 0 Å². The van der Waals surface area contributed by atoms with Crippen molar-refractivity contribution in [2.24, 2.45) is 5.92 Å². The third-order valence-electron chi connectivity index (χ3n) is 0.928. The molecule has 0 saturated carbocycles. The van der Waals surface area contributed by atoms with E-state index in [2.05, 4.69) is 11.6 Å². The van der Waals surface area contributed by atoms with Crippen LogP contribution in [-0.2, 0) is 4.79 Å². The molecule has 0 radical (unpaired) electrons. The summed E-state index contributed by atoms with van der Waals surface area (Å²) in [6.07, 6.45) is 0. The lowest BCUT2D eigenvalue weighted by atomic mass is 10.2. The molecule has 2 nitrogen and oxygen atoms in total. The largest absolute Gasteiger partial charge is 0.399 e. The zero-order valence-electron chi connectivity index (χ0n) is 6.33. The first-order chi connectivity index (χ1) is 4.84. The van der Waals surface area contributed by atoms with E-state index in [4.69, 9.17) is 0 Å². The number of rotatable bonds is 3. The van der Waals surface area contributed by atoms with Crippen molar-refractivity contribution in [3.8, 4) is 0 Å². The third kappa shape index (κ3) is 4.95. The van der Waals surface area contributed by atoms with Crippen LogP contribution in [0.15, 0.2) is 0 Å². The molecule has 0 aromatic rings. The summed E-state index contributed by atoms with van der Waals surface area (Å²) in [4.78, 5) is 10.4. The zero-order chi connectivity index (χ0) is 9.07. The van der Waals surface area contributed by atoms with Gasteiger partial charge in [-0.05, 0) is 17.5 Å². The van der Waals surface area contributed by atoms with Crippen molar-refractivity contribution in [3.63, 3.8) is 0 Å². The molecule has 0 atom stereocenters. The molecular weight excluding hydrogens is 176 g/mol. The first-order valence-corrected chi connectivity index (χ1v) is 3.57. The topological polar surface area (TPSA) is 29.1 Å². The second-order valence-corrected chi connectivity index (χ2v) is 3.08. The Bertz CT molecular complexity index is 144. The van der Waals surface area contributed by atoms with E-state index in [-0.39, 0.29) is 12.5 Å². The van der Waals surface area contributed by atoms with Gasteiger partial charge in [0, 0.05) is 6.54 Å². The Hall–Kier alpha value is -0.380. The smallest absolute Gasteiger partial charge is 0.349 e. The molecule has 1 amide bonds. The quantitative estimate of drug-likeness (QED) is 0.665. The molecule has 0 rings (SSSR count). The minimum Gasteiger partial charge on any atom is -0.349 e. The Kier molecular flexibility index (Phi) is 3.72. The SMILES string of the molecule is CC(C)CNC(=O)C(F)(F)Cl. The monoisotopic (exact) mass is 185 g/mol. The standard InChI is InChI=1S/C6H10ClF2NO/c1-4(2)3-10-5(11)6(7,8)9/h4H,3H2,1-2H3,(H,10,11). The molecule has 0 aliphatic rings. The fraction of sp³-hybridized carbons (Fsp3) is 0.833. The van der Waals surface area contributed by atoms with Crippen LogP contribution in [-0.4, -0.2) is 17.8 Å². The van der Waals surface area contributed by atoms with Gasteiger partial charge in [0.05, 0.1) is 0 Å². The van der Waals surface area contributed by atoms with E-state index in [0.717, 1.165) is 0 Å². The fourth-order valence-electron chi connectivity index (χ4n) is 0.397. The summed E-state index contributed by atoms with van der Waals surface area (Å²) in [6, 6.07) is 0. The Morgan fingerprint density at radius 3 is 2.36 bits per heavy atom. The molecule has 0 fully saturated rings. The van der Waals surface area contributed by atoms with Crippen molar-refractivity contribution < 1.29 is 13.6 Å². The maximum atomic E-state index is 11.9. The second-order valence-electron chi connectivity index (χ2n) is 2.60. The Labute approximate surface area is 68.9 Å². The molecule has 0 heterocycles. The van der Waals surface area contributed by atoms with Gasteiger partial charge in [0.25, 0.3) is 0 Å². The van der Waals surface area contributed by atoms with Crippen LogP contribution in [0.2, 0.25) is 0 Å². The van der Waals surface area contributed by atoms with E-state index in [1.807, 2.05) is 5.32 Å². The summed E-state index contributed by atoms with van der Waals surface area (Å²) in [5.74, 6) is -1.30. The van der Waals surface area contributed by atoms with E-state index in [9.17, 15) is 13.6 Å². The highest BCUT2D eigenvalue weighted by atomic mass is 35.5. The number of halogens is 3. The molecule has 0 aliphatic carbocycles. The van der Waals surface area contributed by atoms with Crippen LogP contribution in [0.25, 0.3) is 0 Å². The van der Waals surface area contributed by atoms with E-state index in [1.54, 1.807) is 13.8 Å². The fourth-order valence-corrected chi connectivity index (χ4v) is 0.464. The van der Waals surface area contributed by atoms with E-state index in [1.165, 1.54) is 0 Å². The van der Waals surface area contributed by atoms with Crippen LogP contribution >= 0.6 is 11.6 Å². The molecule has 0 bridgehead atoms. The van der Waals surface area contributed by atoms with Crippen LogP contribution in [0.1, 0.15) is 13.8 Å². The minimum absolute atomic E-state index is 0.137. The molecule has 0 spiro atoms. The molecule has 0 unspecified atom stereocenters. The van der Waals surface area contributed by atoms with Gasteiger partial charge >= 0.3 is 11.3 Å². The number of amides is 1. The van der Waals surface area contributed by atoms with E-state index >= 15 is 0 Å². The molecular formula is C6H10ClF2NO. The molecule has 11 heavy (non-hydrogen) atoms. The van der Waals surface area contributed by atoms with E-state index in [0.29, 0.717) is 0 Å². The number of carbonyl (C=O) groups is 1. The summed E-state index contributed by atoms with van der Waals surface area (Å²) in [6.45, 7) is 3.81. The van der Waals surface area contributed by atoms with Gasteiger partial charge in [-0.25, -0.2) is 0 Å². The summed E-state index contributed by atoms with van der Waals surface area (Å²) >= 11 is 4.42. The van der Waals surface area contributed by atoms with Crippen LogP contribution < -0.4 is 5.32 Å². The highest BCUT2D eigenvalue weighted by Crippen LogP contribution is 2.18. The van der Waals surface area contributed by atoms with Gasteiger partial charge in [-0.1, -0.05) is 13.8 Å². The molecule has 5 heteroatoms. The van der Waals surface area contributed by atoms with Gasteiger partial charge in [0.15, 0.2) is 0 Å². The second kappa shape index (κ2) is 3.85. The predicted octanol–water partition coefficient (Wildman–Crippen LogP) is 1.59. The summed E-state index contributed by atoms with van der Waals surface area (Å²) in [7, 11) is 0. The average molecular weight is 186 g/mol. The molecule has 0 saturated heterocycles. The van der Waals surface area contributed by atoms with Crippen molar-refractivity contribution in [2.75, 3.05) is 6.54 Å². The van der Waals surface area contributed by atoms with Crippen LogP contribution in [0, 0.1) is 5.92 Å². The number of alkyl halides is 3. The molecule has 1 N–H and O–H groups in total. The zero-order valence-corrected chi connectivity index (χ0v) is 7.08. The molecule has 0 aromatic heterocycles. The lowest BCUT2D eigenvalue weighted by Gasteiger charge is -2.10. The number of hydrogen-bond acceptors (Lipinski definition) is 1. The van der Waals surface area contributed by atoms with Gasteiger partial charge in [0.1, 0.15) is 0 Å². The predicted molar refractivity (Wildman–Crippen MR) is 38.6 cm³/mol.